The largest absolute Gasteiger partial charge is 0.371 e. The van der Waals surface area contributed by atoms with E-state index in [-0.39, 0.29) is 11.9 Å². The van der Waals surface area contributed by atoms with Crippen molar-refractivity contribution in [2.24, 2.45) is 5.92 Å². The smallest absolute Gasteiger partial charge is 0.220 e. The summed E-state index contributed by atoms with van der Waals surface area (Å²) in [6.45, 7) is 6.66. The summed E-state index contributed by atoms with van der Waals surface area (Å²) in [7, 11) is 0. The normalized spacial score (nSPS) is 17.8. The molecule has 0 unspecified atom stereocenters. The SMILES string of the molecule is C[C@@H]1CCCN(c2ccc([C@H](C)NC(=O)CCCSc3ccc(Cl)cc3)cc2)C1. The number of carbonyl (C=O) groups is 1. The first-order chi connectivity index (χ1) is 14.0. The zero-order valence-electron chi connectivity index (χ0n) is 17.4. The molecule has 1 aliphatic rings. The second-order valence-electron chi connectivity index (χ2n) is 7.98. The van der Waals surface area contributed by atoms with Gasteiger partial charge in [0.05, 0.1) is 6.04 Å². The van der Waals surface area contributed by atoms with Gasteiger partial charge in [-0.05, 0) is 79.8 Å². The highest BCUT2D eigenvalue weighted by atomic mass is 35.5. The summed E-state index contributed by atoms with van der Waals surface area (Å²) in [6.07, 6.45) is 4.01. The van der Waals surface area contributed by atoms with E-state index in [1.165, 1.54) is 23.4 Å². The van der Waals surface area contributed by atoms with Crippen molar-refractivity contribution >= 4 is 35.0 Å². The number of amides is 1. The minimum Gasteiger partial charge on any atom is -0.371 e. The van der Waals surface area contributed by atoms with Crippen LogP contribution in [0.1, 0.15) is 51.1 Å². The zero-order chi connectivity index (χ0) is 20.6. The van der Waals surface area contributed by atoms with Crippen LogP contribution in [0.2, 0.25) is 5.02 Å². The predicted octanol–water partition coefficient (Wildman–Crippen LogP) is 6.33. The van der Waals surface area contributed by atoms with Crippen LogP contribution >= 0.6 is 23.4 Å². The number of hydrogen-bond acceptors (Lipinski definition) is 3. The first-order valence-corrected chi connectivity index (χ1v) is 11.9. The molecule has 0 aromatic heterocycles. The lowest BCUT2D eigenvalue weighted by Crippen LogP contribution is -2.34. The van der Waals surface area contributed by atoms with Gasteiger partial charge in [0.1, 0.15) is 0 Å². The maximum absolute atomic E-state index is 12.3. The molecule has 2 atom stereocenters. The van der Waals surface area contributed by atoms with Crippen molar-refractivity contribution in [3.05, 3.63) is 59.1 Å². The topological polar surface area (TPSA) is 32.3 Å². The van der Waals surface area contributed by atoms with Crippen LogP contribution in [0.4, 0.5) is 5.69 Å². The molecule has 1 saturated heterocycles. The minimum absolute atomic E-state index is 0.0285. The number of rotatable bonds is 8. The third-order valence-electron chi connectivity index (χ3n) is 5.42. The fourth-order valence-corrected chi connectivity index (χ4v) is 4.73. The second-order valence-corrected chi connectivity index (χ2v) is 9.58. The number of thioether (sulfide) groups is 1. The molecular formula is C24H31ClN2OS. The summed E-state index contributed by atoms with van der Waals surface area (Å²) in [5.74, 6) is 1.80. The van der Waals surface area contributed by atoms with E-state index in [1.54, 1.807) is 11.8 Å². The molecule has 3 nitrogen and oxygen atoms in total. The van der Waals surface area contributed by atoms with E-state index in [9.17, 15) is 4.79 Å². The quantitative estimate of drug-likeness (QED) is 0.392. The fourth-order valence-electron chi connectivity index (χ4n) is 3.75. The van der Waals surface area contributed by atoms with Gasteiger partial charge in [-0.1, -0.05) is 30.7 Å². The van der Waals surface area contributed by atoms with Gasteiger partial charge in [0, 0.05) is 35.1 Å². The maximum atomic E-state index is 12.3. The lowest BCUT2D eigenvalue weighted by molar-refractivity contribution is -0.121. The third-order valence-corrected chi connectivity index (χ3v) is 6.77. The minimum atomic E-state index is 0.0285. The number of halogens is 1. The molecule has 1 fully saturated rings. The maximum Gasteiger partial charge on any atom is 0.220 e. The summed E-state index contributed by atoms with van der Waals surface area (Å²) in [4.78, 5) is 15.9. The van der Waals surface area contributed by atoms with Crippen LogP contribution in [0.3, 0.4) is 0 Å². The fraction of sp³-hybridized carbons (Fsp3) is 0.458. The van der Waals surface area contributed by atoms with E-state index in [2.05, 4.69) is 48.3 Å². The van der Waals surface area contributed by atoms with E-state index in [4.69, 9.17) is 11.6 Å². The number of benzene rings is 2. The van der Waals surface area contributed by atoms with Crippen molar-refractivity contribution in [1.29, 1.82) is 0 Å². The molecule has 3 rings (SSSR count). The lowest BCUT2D eigenvalue weighted by Gasteiger charge is -2.33. The van der Waals surface area contributed by atoms with Crippen LogP contribution in [0.15, 0.2) is 53.4 Å². The number of nitrogens with zero attached hydrogens (tertiary/aromatic N) is 1. The van der Waals surface area contributed by atoms with Crippen LogP contribution in [0.5, 0.6) is 0 Å². The molecular weight excluding hydrogens is 400 g/mol. The van der Waals surface area contributed by atoms with Crippen LogP contribution in [-0.4, -0.2) is 24.7 Å². The van der Waals surface area contributed by atoms with E-state index in [0.29, 0.717) is 6.42 Å². The standard InChI is InChI=1S/C24H31ClN2OS/c1-18-5-3-15-27(17-18)22-11-7-20(8-12-22)19(2)26-24(28)6-4-16-29-23-13-9-21(25)10-14-23/h7-14,18-19H,3-6,15-17H2,1-2H3,(H,26,28)/t18-,19+/m1/s1. The van der Waals surface area contributed by atoms with Crippen LogP contribution in [0, 0.1) is 5.92 Å². The van der Waals surface area contributed by atoms with Crippen LogP contribution in [0.25, 0.3) is 0 Å². The van der Waals surface area contributed by atoms with Crippen LogP contribution in [-0.2, 0) is 4.79 Å². The van der Waals surface area contributed by atoms with Crippen molar-refractivity contribution in [2.75, 3.05) is 23.7 Å². The highest BCUT2D eigenvalue weighted by molar-refractivity contribution is 7.99. The molecule has 29 heavy (non-hydrogen) atoms. The van der Waals surface area contributed by atoms with E-state index in [1.807, 2.05) is 24.3 Å². The summed E-state index contributed by atoms with van der Waals surface area (Å²) in [5, 5.41) is 3.88. The molecule has 156 valence electrons. The summed E-state index contributed by atoms with van der Waals surface area (Å²) in [6, 6.07) is 16.5. The monoisotopic (exact) mass is 430 g/mol. The van der Waals surface area contributed by atoms with Crippen molar-refractivity contribution in [3.8, 4) is 0 Å². The molecule has 0 saturated carbocycles. The Morgan fingerprint density at radius 3 is 2.62 bits per heavy atom. The number of hydrogen-bond donors (Lipinski definition) is 1. The predicted molar refractivity (Wildman–Crippen MR) is 125 cm³/mol. The Balaban J connectivity index is 1.40. The molecule has 2 aromatic rings. The Hall–Kier alpha value is -1.65. The van der Waals surface area contributed by atoms with Gasteiger partial charge in [0.25, 0.3) is 0 Å². The average molecular weight is 431 g/mol. The molecule has 2 aromatic carbocycles. The lowest BCUT2D eigenvalue weighted by atomic mass is 9.99. The van der Waals surface area contributed by atoms with E-state index in [0.717, 1.165) is 41.8 Å². The highest BCUT2D eigenvalue weighted by Crippen LogP contribution is 2.25. The first-order valence-electron chi connectivity index (χ1n) is 10.5. The molecule has 1 N–H and O–H groups in total. The van der Waals surface area contributed by atoms with Gasteiger partial charge in [0.2, 0.25) is 5.91 Å². The van der Waals surface area contributed by atoms with Crippen molar-refractivity contribution < 1.29 is 4.79 Å². The first kappa shape index (κ1) is 22.0. The van der Waals surface area contributed by atoms with Gasteiger partial charge < -0.3 is 10.2 Å². The number of carbonyl (C=O) groups excluding carboxylic acids is 1. The summed E-state index contributed by atoms with van der Waals surface area (Å²) < 4.78 is 0. The average Bonchev–Trinajstić information content (AvgIpc) is 2.72. The number of piperidine rings is 1. The van der Waals surface area contributed by atoms with E-state index < -0.39 is 0 Å². The highest BCUT2D eigenvalue weighted by Gasteiger charge is 2.17. The van der Waals surface area contributed by atoms with Gasteiger partial charge >= 0.3 is 0 Å². The Bertz CT molecular complexity index is 778. The van der Waals surface area contributed by atoms with Crippen molar-refractivity contribution in [3.63, 3.8) is 0 Å². The summed E-state index contributed by atoms with van der Waals surface area (Å²) in [5.41, 5.74) is 2.45. The second kappa shape index (κ2) is 10.9. The Kier molecular flexibility index (Phi) is 8.31. The Morgan fingerprint density at radius 1 is 1.21 bits per heavy atom. The van der Waals surface area contributed by atoms with Crippen molar-refractivity contribution in [1.82, 2.24) is 5.32 Å². The molecule has 0 bridgehead atoms. The number of anilines is 1. The van der Waals surface area contributed by atoms with Gasteiger partial charge in [-0.3, -0.25) is 4.79 Å². The van der Waals surface area contributed by atoms with Gasteiger partial charge in [-0.2, -0.15) is 0 Å². The van der Waals surface area contributed by atoms with E-state index >= 15 is 0 Å². The van der Waals surface area contributed by atoms with Gasteiger partial charge in [-0.15, -0.1) is 11.8 Å². The Labute approximate surface area is 184 Å². The molecule has 5 heteroatoms. The molecule has 0 aliphatic carbocycles. The third kappa shape index (κ3) is 6.97. The molecule has 0 radical (unpaired) electrons. The molecule has 0 spiro atoms. The Morgan fingerprint density at radius 2 is 1.93 bits per heavy atom. The van der Waals surface area contributed by atoms with Crippen molar-refractivity contribution in [2.45, 2.75) is 50.5 Å². The van der Waals surface area contributed by atoms with Crippen LogP contribution < -0.4 is 10.2 Å². The summed E-state index contributed by atoms with van der Waals surface area (Å²) >= 11 is 7.66. The zero-order valence-corrected chi connectivity index (χ0v) is 18.9. The van der Waals surface area contributed by atoms with Gasteiger partial charge in [-0.25, -0.2) is 0 Å². The van der Waals surface area contributed by atoms with Gasteiger partial charge in [0.15, 0.2) is 0 Å². The number of nitrogens with one attached hydrogen (secondary N) is 1. The molecule has 1 amide bonds. The molecule has 1 aliphatic heterocycles. The molecule has 1 heterocycles.